The minimum Gasteiger partial charge on any atom is -0.394 e. The molecular weight excluding hydrogens is 222 g/mol. The van der Waals surface area contributed by atoms with Crippen molar-refractivity contribution in [1.29, 1.82) is 0 Å². The number of benzene rings is 1. The van der Waals surface area contributed by atoms with Crippen LogP contribution in [0.5, 0.6) is 0 Å². The minimum absolute atomic E-state index is 0.0164. The molecule has 1 aliphatic rings. The van der Waals surface area contributed by atoms with Gasteiger partial charge in [-0.25, -0.2) is 0 Å². The summed E-state index contributed by atoms with van der Waals surface area (Å²) in [7, 11) is 0. The van der Waals surface area contributed by atoms with Crippen LogP contribution in [0.15, 0.2) is 29.2 Å². The molecule has 16 heavy (non-hydrogen) atoms. The van der Waals surface area contributed by atoms with Gasteiger partial charge in [-0.1, -0.05) is 18.2 Å². The van der Waals surface area contributed by atoms with Crippen molar-refractivity contribution in [3.63, 3.8) is 0 Å². The number of carbonyl (C=O) groups excluding carboxylic acids is 1. The number of aliphatic hydroxyl groups excluding tert-OH is 1. The van der Waals surface area contributed by atoms with E-state index in [2.05, 4.69) is 11.4 Å². The molecule has 0 spiro atoms. The Bertz CT molecular complexity index is 369. The standard InChI is InChI=1S/C12H15NO2S/c1-8(7-14)13-12(15)11-6-9-4-2-3-5-10(9)16-11/h2-5,8,11,14H,6-7H2,1H3,(H,13,15)/t8-,11?/m1/s1. The molecule has 0 saturated carbocycles. The molecule has 0 radical (unpaired) electrons. The highest BCUT2D eigenvalue weighted by atomic mass is 32.2. The zero-order valence-electron chi connectivity index (χ0n) is 9.14. The summed E-state index contributed by atoms with van der Waals surface area (Å²) in [5.41, 5.74) is 1.24. The number of aliphatic hydroxyl groups is 1. The monoisotopic (exact) mass is 237 g/mol. The van der Waals surface area contributed by atoms with Crippen LogP contribution in [0.25, 0.3) is 0 Å². The first-order chi connectivity index (χ1) is 7.70. The molecular formula is C12H15NO2S. The number of rotatable bonds is 3. The Kier molecular flexibility index (Phi) is 3.51. The molecule has 86 valence electrons. The SMILES string of the molecule is C[C@H](CO)NC(=O)C1Cc2ccccc2S1. The maximum Gasteiger partial charge on any atom is 0.234 e. The molecule has 1 aliphatic heterocycles. The number of hydrogen-bond acceptors (Lipinski definition) is 3. The first-order valence-corrected chi connectivity index (χ1v) is 6.24. The van der Waals surface area contributed by atoms with Gasteiger partial charge in [-0.15, -0.1) is 11.8 Å². The zero-order chi connectivity index (χ0) is 11.5. The van der Waals surface area contributed by atoms with Gasteiger partial charge in [0.2, 0.25) is 5.91 Å². The summed E-state index contributed by atoms with van der Waals surface area (Å²) in [6.07, 6.45) is 0.783. The molecule has 2 rings (SSSR count). The Balaban J connectivity index is 1.98. The van der Waals surface area contributed by atoms with Gasteiger partial charge in [0.05, 0.1) is 11.9 Å². The van der Waals surface area contributed by atoms with Crippen LogP contribution in [0.4, 0.5) is 0 Å². The van der Waals surface area contributed by atoms with E-state index in [-0.39, 0.29) is 23.8 Å². The minimum atomic E-state index is -0.170. The normalized spacial score (nSPS) is 20.2. The highest BCUT2D eigenvalue weighted by Gasteiger charge is 2.28. The molecule has 1 unspecified atom stereocenters. The molecule has 1 aromatic carbocycles. The Hall–Kier alpha value is -1.00. The van der Waals surface area contributed by atoms with Gasteiger partial charge in [-0.05, 0) is 25.0 Å². The number of fused-ring (bicyclic) bond motifs is 1. The Labute approximate surface area is 99.2 Å². The molecule has 3 nitrogen and oxygen atoms in total. The smallest absolute Gasteiger partial charge is 0.234 e. The molecule has 4 heteroatoms. The number of thioether (sulfide) groups is 1. The summed E-state index contributed by atoms with van der Waals surface area (Å²) in [6, 6.07) is 7.92. The fourth-order valence-corrected chi connectivity index (χ4v) is 2.91. The summed E-state index contributed by atoms with van der Waals surface area (Å²) in [6.45, 7) is 1.78. The van der Waals surface area contributed by atoms with Crippen molar-refractivity contribution in [3.8, 4) is 0 Å². The van der Waals surface area contributed by atoms with Crippen molar-refractivity contribution in [3.05, 3.63) is 29.8 Å². The number of nitrogens with one attached hydrogen (secondary N) is 1. The van der Waals surface area contributed by atoms with E-state index < -0.39 is 0 Å². The molecule has 0 bridgehead atoms. The zero-order valence-corrected chi connectivity index (χ0v) is 9.96. The van der Waals surface area contributed by atoms with E-state index in [1.165, 1.54) is 10.5 Å². The van der Waals surface area contributed by atoms with E-state index in [1.807, 2.05) is 18.2 Å². The van der Waals surface area contributed by atoms with Gasteiger partial charge in [0, 0.05) is 10.9 Å². The van der Waals surface area contributed by atoms with E-state index in [0.717, 1.165) is 6.42 Å². The van der Waals surface area contributed by atoms with Gasteiger partial charge in [-0.2, -0.15) is 0 Å². The molecule has 2 N–H and O–H groups in total. The van der Waals surface area contributed by atoms with Gasteiger partial charge in [-0.3, -0.25) is 4.79 Å². The first-order valence-electron chi connectivity index (χ1n) is 5.36. The van der Waals surface area contributed by atoms with Crippen molar-refractivity contribution >= 4 is 17.7 Å². The Morgan fingerprint density at radius 2 is 2.38 bits per heavy atom. The lowest BCUT2D eigenvalue weighted by Crippen LogP contribution is -2.40. The fraction of sp³-hybridized carbons (Fsp3) is 0.417. The molecule has 1 heterocycles. The molecule has 0 aromatic heterocycles. The van der Waals surface area contributed by atoms with Crippen LogP contribution in [0, 0.1) is 0 Å². The van der Waals surface area contributed by atoms with Crippen LogP contribution in [0.2, 0.25) is 0 Å². The molecule has 2 atom stereocenters. The van der Waals surface area contributed by atoms with Crippen LogP contribution < -0.4 is 5.32 Å². The van der Waals surface area contributed by atoms with Gasteiger partial charge >= 0.3 is 0 Å². The molecule has 0 aliphatic carbocycles. The predicted octanol–water partition coefficient (Wildman–Crippen LogP) is 1.20. The average Bonchev–Trinajstić information content (AvgIpc) is 2.72. The topological polar surface area (TPSA) is 49.3 Å². The van der Waals surface area contributed by atoms with Gasteiger partial charge in [0.15, 0.2) is 0 Å². The summed E-state index contributed by atoms with van der Waals surface area (Å²) < 4.78 is 0. The van der Waals surface area contributed by atoms with Gasteiger partial charge in [0.1, 0.15) is 0 Å². The lowest BCUT2D eigenvalue weighted by atomic mass is 10.1. The molecule has 0 saturated heterocycles. The lowest BCUT2D eigenvalue weighted by molar-refractivity contribution is -0.121. The Morgan fingerprint density at radius 3 is 3.06 bits per heavy atom. The third-order valence-electron chi connectivity index (χ3n) is 2.60. The van der Waals surface area contributed by atoms with Crippen LogP contribution >= 0.6 is 11.8 Å². The van der Waals surface area contributed by atoms with E-state index in [1.54, 1.807) is 18.7 Å². The highest BCUT2D eigenvalue weighted by Crippen LogP contribution is 2.36. The summed E-state index contributed by atoms with van der Waals surface area (Å²) in [4.78, 5) is 13.0. The van der Waals surface area contributed by atoms with Gasteiger partial charge in [0.25, 0.3) is 0 Å². The lowest BCUT2D eigenvalue weighted by Gasteiger charge is -2.14. The van der Waals surface area contributed by atoms with Crippen LogP contribution in [0.1, 0.15) is 12.5 Å². The summed E-state index contributed by atoms with van der Waals surface area (Å²) in [5, 5.41) is 11.6. The molecule has 0 fully saturated rings. The van der Waals surface area contributed by atoms with Gasteiger partial charge < -0.3 is 10.4 Å². The van der Waals surface area contributed by atoms with E-state index in [4.69, 9.17) is 5.11 Å². The third-order valence-corrected chi connectivity index (χ3v) is 3.92. The van der Waals surface area contributed by atoms with E-state index in [0.29, 0.717) is 0 Å². The summed E-state index contributed by atoms with van der Waals surface area (Å²) >= 11 is 1.60. The second-order valence-electron chi connectivity index (χ2n) is 4.01. The number of carbonyl (C=O) groups is 1. The van der Waals surface area contributed by atoms with Crippen molar-refractivity contribution in [2.24, 2.45) is 0 Å². The van der Waals surface area contributed by atoms with Crippen LogP contribution in [0.3, 0.4) is 0 Å². The fourth-order valence-electron chi connectivity index (χ4n) is 1.71. The second kappa shape index (κ2) is 4.89. The number of amides is 1. The second-order valence-corrected chi connectivity index (χ2v) is 5.26. The molecule has 1 amide bonds. The van der Waals surface area contributed by atoms with Crippen molar-refractivity contribution < 1.29 is 9.90 Å². The highest BCUT2D eigenvalue weighted by molar-refractivity contribution is 8.01. The van der Waals surface area contributed by atoms with E-state index >= 15 is 0 Å². The summed E-state index contributed by atoms with van der Waals surface area (Å²) in [5.74, 6) is 0.0164. The maximum absolute atomic E-state index is 11.8. The average molecular weight is 237 g/mol. The predicted molar refractivity (Wildman–Crippen MR) is 64.5 cm³/mol. The number of hydrogen-bond donors (Lipinski definition) is 2. The quantitative estimate of drug-likeness (QED) is 0.830. The Morgan fingerprint density at radius 1 is 1.62 bits per heavy atom. The van der Waals surface area contributed by atoms with Crippen LogP contribution in [-0.2, 0) is 11.2 Å². The maximum atomic E-state index is 11.8. The molecule has 1 aromatic rings. The first kappa shape index (κ1) is 11.5. The largest absolute Gasteiger partial charge is 0.394 e. The third kappa shape index (κ3) is 2.39. The van der Waals surface area contributed by atoms with Crippen molar-refractivity contribution in [1.82, 2.24) is 5.32 Å². The van der Waals surface area contributed by atoms with E-state index in [9.17, 15) is 4.79 Å². The van der Waals surface area contributed by atoms with Crippen LogP contribution in [-0.4, -0.2) is 28.9 Å². The van der Waals surface area contributed by atoms with Crippen molar-refractivity contribution in [2.45, 2.75) is 29.5 Å². The van der Waals surface area contributed by atoms with Crippen molar-refractivity contribution in [2.75, 3.05) is 6.61 Å².